The smallest absolute Gasteiger partial charge is 0.246 e. The van der Waals surface area contributed by atoms with Crippen molar-refractivity contribution >= 4 is 29.1 Å². The zero-order valence-electron chi connectivity index (χ0n) is 15.3. The van der Waals surface area contributed by atoms with Gasteiger partial charge in [-0.3, -0.25) is 14.4 Å². The van der Waals surface area contributed by atoms with E-state index >= 15 is 0 Å². The van der Waals surface area contributed by atoms with E-state index < -0.39 is 6.04 Å². The van der Waals surface area contributed by atoms with Crippen molar-refractivity contribution in [3.8, 4) is 0 Å². The highest BCUT2D eigenvalue weighted by Crippen LogP contribution is 2.20. The Morgan fingerprint density at radius 2 is 1.96 bits per heavy atom. The van der Waals surface area contributed by atoms with E-state index in [-0.39, 0.29) is 30.7 Å². The Labute approximate surface area is 162 Å². The third-order valence-corrected chi connectivity index (χ3v) is 5.61. The summed E-state index contributed by atoms with van der Waals surface area (Å²) in [5.74, 6) is -0.534. The number of carbonyl (C=O) groups excluding carboxylic acids is 3. The van der Waals surface area contributed by atoms with Gasteiger partial charge in [0.2, 0.25) is 17.7 Å². The largest absolute Gasteiger partial charge is 0.359 e. The molecule has 1 aromatic heterocycles. The fraction of sp³-hybridized carbons (Fsp3) is 0.350. The van der Waals surface area contributed by atoms with Crippen LogP contribution in [0, 0.1) is 0 Å². The van der Waals surface area contributed by atoms with Gasteiger partial charge in [-0.05, 0) is 23.4 Å². The third kappa shape index (κ3) is 4.74. The molecule has 1 unspecified atom stereocenters. The van der Waals surface area contributed by atoms with Gasteiger partial charge in [0.1, 0.15) is 12.6 Å². The average Bonchev–Trinajstić information content (AvgIpc) is 3.19. The van der Waals surface area contributed by atoms with Crippen LogP contribution in [0.15, 0.2) is 47.8 Å². The normalized spacial score (nSPS) is 17.3. The van der Waals surface area contributed by atoms with Crippen LogP contribution in [0.1, 0.15) is 16.9 Å². The minimum Gasteiger partial charge on any atom is -0.359 e. The van der Waals surface area contributed by atoms with Crippen LogP contribution in [-0.4, -0.2) is 53.7 Å². The first kappa shape index (κ1) is 19.1. The Morgan fingerprint density at radius 1 is 1.19 bits per heavy atom. The van der Waals surface area contributed by atoms with Crippen molar-refractivity contribution < 1.29 is 14.4 Å². The molecule has 1 fully saturated rings. The SMILES string of the molecule is CNC(=O)CC1C(=O)N(Cc2ccccc2)CC(=O)N1CCc1cccs1. The molecule has 142 valence electrons. The van der Waals surface area contributed by atoms with Gasteiger partial charge in [0.25, 0.3) is 0 Å². The summed E-state index contributed by atoms with van der Waals surface area (Å²) in [6, 6.07) is 12.8. The Bertz CT molecular complexity index is 792. The minimum atomic E-state index is -0.755. The average molecular weight is 385 g/mol. The lowest BCUT2D eigenvalue weighted by Crippen LogP contribution is -2.60. The quantitative estimate of drug-likeness (QED) is 0.788. The maximum atomic E-state index is 13.1. The first-order valence-electron chi connectivity index (χ1n) is 8.93. The second-order valence-electron chi connectivity index (χ2n) is 6.49. The number of piperazine rings is 1. The molecule has 1 aliphatic rings. The van der Waals surface area contributed by atoms with Gasteiger partial charge in [-0.1, -0.05) is 36.4 Å². The summed E-state index contributed by atoms with van der Waals surface area (Å²) in [7, 11) is 1.54. The van der Waals surface area contributed by atoms with Crippen molar-refractivity contribution in [1.82, 2.24) is 15.1 Å². The summed E-state index contributed by atoms with van der Waals surface area (Å²) in [4.78, 5) is 42.1. The Hall–Kier alpha value is -2.67. The molecule has 3 amide bonds. The van der Waals surface area contributed by atoms with E-state index in [0.29, 0.717) is 19.5 Å². The van der Waals surface area contributed by atoms with E-state index in [1.165, 1.54) is 7.05 Å². The molecule has 1 N–H and O–H groups in total. The molecule has 1 saturated heterocycles. The van der Waals surface area contributed by atoms with Crippen LogP contribution in [0.2, 0.25) is 0 Å². The molecule has 1 atom stereocenters. The van der Waals surface area contributed by atoms with Gasteiger partial charge >= 0.3 is 0 Å². The summed E-state index contributed by atoms with van der Waals surface area (Å²) in [5.41, 5.74) is 0.962. The molecule has 3 rings (SSSR count). The number of hydrogen-bond donors (Lipinski definition) is 1. The maximum Gasteiger partial charge on any atom is 0.246 e. The van der Waals surface area contributed by atoms with Gasteiger partial charge < -0.3 is 15.1 Å². The van der Waals surface area contributed by atoms with Crippen LogP contribution in [0.4, 0.5) is 0 Å². The van der Waals surface area contributed by atoms with E-state index in [1.807, 2.05) is 47.8 Å². The predicted octanol–water partition coefficient (Wildman–Crippen LogP) is 1.67. The number of nitrogens with zero attached hydrogens (tertiary/aromatic N) is 2. The molecular formula is C20H23N3O3S. The zero-order chi connectivity index (χ0) is 19.2. The molecular weight excluding hydrogens is 362 g/mol. The minimum absolute atomic E-state index is 0.0171. The van der Waals surface area contributed by atoms with Crippen LogP contribution in [0.5, 0.6) is 0 Å². The molecule has 1 aliphatic heterocycles. The number of carbonyl (C=O) groups is 3. The number of rotatable bonds is 7. The van der Waals surface area contributed by atoms with Crippen LogP contribution in [-0.2, 0) is 27.3 Å². The fourth-order valence-electron chi connectivity index (χ4n) is 3.23. The van der Waals surface area contributed by atoms with Gasteiger partial charge in [-0.2, -0.15) is 0 Å². The van der Waals surface area contributed by atoms with Gasteiger partial charge in [0, 0.05) is 25.0 Å². The number of nitrogens with one attached hydrogen (secondary N) is 1. The molecule has 0 spiro atoms. The van der Waals surface area contributed by atoms with Crippen LogP contribution in [0.25, 0.3) is 0 Å². The lowest BCUT2D eigenvalue weighted by atomic mass is 10.0. The Morgan fingerprint density at radius 3 is 2.63 bits per heavy atom. The number of amides is 3. The molecule has 2 heterocycles. The molecule has 6 nitrogen and oxygen atoms in total. The highest BCUT2D eigenvalue weighted by Gasteiger charge is 2.40. The molecule has 0 radical (unpaired) electrons. The highest BCUT2D eigenvalue weighted by molar-refractivity contribution is 7.09. The highest BCUT2D eigenvalue weighted by atomic mass is 32.1. The number of thiophene rings is 1. The first-order valence-corrected chi connectivity index (χ1v) is 9.81. The lowest BCUT2D eigenvalue weighted by molar-refractivity contribution is -0.157. The summed E-state index contributed by atoms with van der Waals surface area (Å²) < 4.78 is 0. The van der Waals surface area contributed by atoms with Crippen LogP contribution >= 0.6 is 11.3 Å². The van der Waals surface area contributed by atoms with Crippen molar-refractivity contribution in [2.45, 2.75) is 25.4 Å². The topological polar surface area (TPSA) is 69.7 Å². The van der Waals surface area contributed by atoms with Crippen LogP contribution < -0.4 is 5.32 Å². The van der Waals surface area contributed by atoms with E-state index in [0.717, 1.165) is 10.4 Å². The Balaban J connectivity index is 1.76. The summed E-state index contributed by atoms with van der Waals surface area (Å²) >= 11 is 1.62. The van der Waals surface area contributed by atoms with E-state index in [4.69, 9.17) is 0 Å². The number of hydrogen-bond acceptors (Lipinski definition) is 4. The number of benzene rings is 1. The third-order valence-electron chi connectivity index (χ3n) is 4.67. The second-order valence-corrected chi connectivity index (χ2v) is 7.52. The molecule has 2 aromatic rings. The van der Waals surface area contributed by atoms with Crippen molar-refractivity contribution in [3.05, 3.63) is 58.3 Å². The molecule has 7 heteroatoms. The van der Waals surface area contributed by atoms with Gasteiger partial charge in [0.05, 0.1) is 6.42 Å². The van der Waals surface area contributed by atoms with Gasteiger partial charge in [-0.15, -0.1) is 11.3 Å². The lowest BCUT2D eigenvalue weighted by Gasteiger charge is -2.40. The van der Waals surface area contributed by atoms with Gasteiger partial charge in [-0.25, -0.2) is 0 Å². The molecule has 0 aliphatic carbocycles. The van der Waals surface area contributed by atoms with E-state index in [2.05, 4.69) is 5.32 Å². The summed E-state index contributed by atoms with van der Waals surface area (Å²) in [6.45, 7) is 0.850. The van der Waals surface area contributed by atoms with Crippen molar-refractivity contribution in [2.24, 2.45) is 0 Å². The monoisotopic (exact) mass is 385 g/mol. The van der Waals surface area contributed by atoms with Crippen LogP contribution in [0.3, 0.4) is 0 Å². The van der Waals surface area contributed by atoms with Crippen molar-refractivity contribution in [1.29, 1.82) is 0 Å². The maximum absolute atomic E-state index is 13.1. The molecule has 1 aromatic carbocycles. The predicted molar refractivity (Wildman–Crippen MR) is 104 cm³/mol. The van der Waals surface area contributed by atoms with Gasteiger partial charge in [0.15, 0.2) is 0 Å². The molecule has 27 heavy (non-hydrogen) atoms. The van der Waals surface area contributed by atoms with E-state index in [1.54, 1.807) is 21.1 Å². The van der Waals surface area contributed by atoms with Crippen molar-refractivity contribution in [2.75, 3.05) is 20.1 Å². The summed E-state index contributed by atoms with van der Waals surface area (Å²) in [6.07, 6.45) is 0.663. The molecule has 0 bridgehead atoms. The first-order chi connectivity index (χ1) is 13.1. The van der Waals surface area contributed by atoms with Crippen molar-refractivity contribution in [3.63, 3.8) is 0 Å². The van der Waals surface area contributed by atoms with E-state index in [9.17, 15) is 14.4 Å². The standard InChI is InChI=1S/C20H23N3O3S/c1-21-18(24)12-17-20(26)22(13-15-6-3-2-4-7-15)14-19(25)23(17)10-9-16-8-5-11-27-16/h2-8,11,17H,9-10,12-14H2,1H3,(H,21,24). The summed E-state index contributed by atoms with van der Waals surface area (Å²) in [5, 5.41) is 4.55. The zero-order valence-corrected chi connectivity index (χ0v) is 16.1. The fourth-order valence-corrected chi connectivity index (χ4v) is 3.93. The second kappa shape index (κ2) is 8.81. The Kier molecular flexibility index (Phi) is 6.24. The molecule has 0 saturated carbocycles.